The van der Waals surface area contributed by atoms with E-state index in [2.05, 4.69) is 4.98 Å². The Kier molecular flexibility index (Phi) is 7.76. The summed E-state index contributed by atoms with van der Waals surface area (Å²) in [6.45, 7) is 6.57. The first-order valence-corrected chi connectivity index (χ1v) is 15.7. The lowest BCUT2D eigenvalue weighted by Gasteiger charge is -2.47. The van der Waals surface area contributed by atoms with E-state index >= 15 is 0 Å². The van der Waals surface area contributed by atoms with E-state index in [1.165, 1.54) is 37.6 Å². The third kappa shape index (κ3) is 5.17. The number of carbonyl (C=O) groups is 2. The molecule has 3 heterocycles. The Morgan fingerprint density at radius 2 is 1.93 bits per heavy atom. The molecule has 0 radical (unpaired) electrons. The summed E-state index contributed by atoms with van der Waals surface area (Å²) in [4.78, 5) is 33.9. The number of para-hydroxylation sites is 1. The summed E-state index contributed by atoms with van der Waals surface area (Å²) in [5.74, 6) is -0.152. The zero-order chi connectivity index (χ0) is 31.6. The van der Waals surface area contributed by atoms with Crippen LogP contribution >= 0.6 is 11.3 Å². The van der Waals surface area contributed by atoms with E-state index in [0.29, 0.717) is 44.5 Å². The van der Waals surface area contributed by atoms with Gasteiger partial charge in [-0.05, 0) is 76.8 Å². The van der Waals surface area contributed by atoms with Gasteiger partial charge in [-0.2, -0.15) is 0 Å². The molecule has 11 nitrogen and oxygen atoms in total. The maximum Gasteiger partial charge on any atom is 0.329 e. The first-order chi connectivity index (χ1) is 20.8. The quantitative estimate of drug-likeness (QED) is 0.303. The average Bonchev–Trinajstić information content (AvgIpc) is 3.73. The SMILES string of the molecule is COc1ccccc1C(CN1c2sc(-c3ncco3)c(C)c2C(=O)N(C(C)(C)C(=O)O)C1O)O[C@H]1CC2C[C@@](C)(O)C[C@H]2C1. The fraction of sp³-hybridized carbons (Fsp3) is 0.531. The van der Waals surface area contributed by atoms with Gasteiger partial charge in [-0.25, -0.2) is 9.78 Å². The maximum atomic E-state index is 14.0. The Morgan fingerprint density at radius 3 is 2.55 bits per heavy atom. The van der Waals surface area contributed by atoms with Gasteiger partial charge in [-0.1, -0.05) is 18.2 Å². The number of aliphatic carboxylic acids is 1. The van der Waals surface area contributed by atoms with Gasteiger partial charge in [0.05, 0.1) is 42.0 Å². The maximum absolute atomic E-state index is 14.0. The second-order valence-corrected chi connectivity index (χ2v) is 14.0. The third-order valence-corrected chi connectivity index (χ3v) is 10.8. The monoisotopic (exact) mass is 625 g/mol. The molecular weight excluding hydrogens is 586 g/mol. The van der Waals surface area contributed by atoms with Gasteiger partial charge in [0, 0.05) is 5.56 Å². The molecule has 2 aliphatic carbocycles. The van der Waals surface area contributed by atoms with Crippen LogP contribution in [-0.4, -0.2) is 74.3 Å². The Labute approximate surface area is 260 Å². The molecule has 236 valence electrons. The van der Waals surface area contributed by atoms with Crippen LogP contribution in [0, 0.1) is 18.8 Å². The van der Waals surface area contributed by atoms with Gasteiger partial charge in [0.1, 0.15) is 28.7 Å². The average molecular weight is 626 g/mol. The summed E-state index contributed by atoms with van der Waals surface area (Å²) in [6.07, 6.45) is 3.78. The number of carboxylic acids is 1. The van der Waals surface area contributed by atoms with Crippen LogP contribution < -0.4 is 9.64 Å². The van der Waals surface area contributed by atoms with Crippen molar-refractivity contribution in [2.45, 2.75) is 83.1 Å². The number of methoxy groups -OCH3 is 1. The van der Waals surface area contributed by atoms with Crippen LogP contribution in [0.5, 0.6) is 5.75 Å². The Balaban J connectivity index is 1.41. The number of rotatable bonds is 9. The number of aliphatic hydroxyl groups is 2. The van der Waals surface area contributed by atoms with Crippen molar-refractivity contribution in [3.8, 4) is 16.5 Å². The molecule has 2 aromatic heterocycles. The van der Waals surface area contributed by atoms with Crippen molar-refractivity contribution in [3.63, 3.8) is 0 Å². The predicted molar refractivity (Wildman–Crippen MR) is 162 cm³/mol. The first kappa shape index (κ1) is 30.6. The molecule has 3 unspecified atom stereocenters. The van der Waals surface area contributed by atoms with E-state index in [1.54, 1.807) is 18.9 Å². The zero-order valence-electron chi connectivity index (χ0n) is 25.5. The minimum absolute atomic E-state index is 0.0847. The fourth-order valence-electron chi connectivity index (χ4n) is 7.32. The number of hydrogen-bond donors (Lipinski definition) is 3. The van der Waals surface area contributed by atoms with E-state index in [4.69, 9.17) is 13.9 Å². The summed E-state index contributed by atoms with van der Waals surface area (Å²) in [7, 11) is 1.59. The van der Waals surface area contributed by atoms with Gasteiger partial charge in [-0.3, -0.25) is 9.69 Å². The lowest BCUT2D eigenvalue weighted by Crippen LogP contribution is -2.65. The number of aromatic nitrogens is 1. The zero-order valence-corrected chi connectivity index (χ0v) is 26.3. The summed E-state index contributed by atoms with van der Waals surface area (Å²) in [5, 5.41) is 33.1. The Bertz CT molecular complexity index is 1530. The number of ether oxygens (including phenoxy) is 2. The molecule has 0 saturated heterocycles. The minimum Gasteiger partial charge on any atom is -0.496 e. The van der Waals surface area contributed by atoms with Crippen LogP contribution in [0.1, 0.15) is 74.0 Å². The second kappa shape index (κ2) is 11.2. The molecule has 0 bridgehead atoms. The van der Waals surface area contributed by atoms with E-state index in [-0.39, 0.29) is 12.6 Å². The van der Waals surface area contributed by atoms with Crippen molar-refractivity contribution >= 4 is 28.2 Å². The molecule has 1 amide bonds. The summed E-state index contributed by atoms with van der Waals surface area (Å²) >= 11 is 1.26. The number of carbonyl (C=O) groups excluding carboxylic acids is 1. The van der Waals surface area contributed by atoms with Gasteiger partial charge in [0.15, 0.2) is 0 Å². The molecule has 3 aromatic rings. The number of fused-ring (bicyclic) bond motifs is 2. The van der Waals surface area contributed by atoms with Crippen molar-refractivity contribution in [3.05, 3.63) is 53.4 Å². The number of anilines is 1. The lowest BCUT2D eigenvalue weighted by molar-refractivity contribution is -0.154. The van der Waals surface area contributed by atoms with Gasteiger partial charge in [0.2, 0.25) is 12.2 Å². The van der Waals surface area contributed by atoms with Crippen molar-refractivity contribution in [2.24, 2.45) is 11.8 Å². The molecule has 6 rings (SSSR count). The van der Waals surface area contributed by atoms with E-state index < -0.39 is 35.5 Å². The highest BCUT2D eigenvalue weighted by Gasteiger charge is 2.51. The fourth-order valence-corrected chi connectivity index (χ4v) is 8.59. The number of oxazole rings is 1. The number of benzene rings is 1. The van der Waals surface area contributed by atoms with Crippen LogP contribution in [-0.2, 0) is 9.53 Å². The van der Waals surface area contributed by atoms with E-state index in [9.17, 15) is 24.9 Å². The van der Waals surface area contributed by atoms with E-state index in [1.807, 2.05) is 31.2 Å². The smallest absolute Gasteiger partial charge is 0.329 e. The highest BCUT2D eigenvalue weighted by atomic mass is 32.1. The van der Waals surface area contributed by atoms with Crippen molar-refractivity contribution < 1.29 is 38.8 Å². The number of aliphatic hydroxyl groups excluding tert-OH is 1. The Hall–Kier alpha value is -3.45. The summed E-state index contributed by atoms with van der Waals surface area (Å²) in [5.41, 5.74) is -0.730. The van der Waals surface area contributed by atoms with Crippen LogP contribution in [0.4, 0.5) is 5.00 Å². The highest BCUT2D eigenvalue weighted by molar-refractivity contribution is 7.20. The van der Waals surface area contributed by atoms with Crippen molar-refractivity contribution in [1.82, 2.24) is 9.88 Å². The van der Waals surface area contributed by atoms with Gasteiger partial charge in [-0.15, -0.1) is 11.3 Å². The van der Waals surface area contributed by atoms with Gasteiger partial charge < -0.3 is 34.1 Å². The van der Waals surface area contributed by atoms with Crippen molar-refractivity contribution in [2.75, 3.05) is 18.6 Å². The molecule has 1 aromatic carbocycles. The van der Waals surface area contributed by atoms with Crippen LogP contribution in [0.15, 0.2) is 41.1 Å². The van der Waals surface area contributed by atoms with Gasteiger partial charge >= 0.3 is 5.97 Å². The van der Waals surface area contributed by atoms with Crippen LogP contribution in [0.25, 0.3) is 10.8 Å². The molecule has 12 heteroatoms. The number of thiophene rings is 1. The standard InChI is InChI=1S/C32H39N3O8S/c1-17-24-27(36)35(31(2,3)29(37)38)30(39)34(28(24)44-25(17)26-33-10-11-42-26)16-23(21-8-6-7-9-22(21)41-5)43-20-12-18-14-32(4,40)15-19(18)13-20/h6-11,18-20,23,30,39-40H,12-16H2,1-5H3,(H,37,38)/t18-,19?,20-,23?,30?,32+/m1/s1. The molecule has 0 spiro atoms. The lowest BCUT2D eigenvalue weighted by atomic mass is 9.98. The Morgan fingerprint density at radius 1 is 1.25 bits per heavy atom. The normalized spacial score (nSPS) is 27.4. The molecule has 6 atom stereocenters. The second-order valence-electron chi connectivity index (χ2n) is 13.0. The molecule has 1 aliphatic heterocycles. The summed E-state index contributed by atoms with van der Waals surface area (Å²) in [6, 6.07) is 7.54. The minimum atomic E-state index is -1.73. The molecule has 44 heavy (non-hydrogen) atoms. The number of amides is 1. The number of nitrogens with zero attached hydrogens (tertiary/aromatic N) is 3. The van der Waals surface area contributed by atoms with E-state index in [0.717, 1.165) is 36.1 Å². The number of carboxylic acid groups (broad SMARTS) is 1. The highest BCUT2D eigenvalue weighted by Crippen LogP contribution is 2.51. The molecule has 2 saturated carbocycles. The van der Waals surface area contributed by atoms with Crippen molar-refractivity contribution in [1.29, 1.82) is 0 Å². The topological polar surface area (TPSA) is 146 Å². The molecular formula is C32H39N3O8S. The van der Waals surface area contributed by atoms with Crippen LogP contribution in [0.3, 0.4) is 0 Å². The van der Waals surface area contributed by atoms with Gasteiger partial charge in [0.25, 0.3) is 5.91 Å². The summed E-state index contributed by atoms with van der Waals surface area (Å²) < 4.78 is 18.1. The van der Waals surface area contributed by atoms with Crippen LogP contribution in [0.2, 0.25) is 0 Å². The third-order valence-electron chi connectivity index (χ3n) is 9.49. The molecule has 2 fully saturated rings. The number of hydrogen-bond acceptors (Lipinski definition) is 10. The molecule has 3 aliphatic rings. The first-order valence-electron chi connectivity index (χ1n) is 14.9. The largest absolute Gasteiger partial charge is 0.496 e. The predicted octanol–water partition coefficient (Wildman–Crippen LogP) is 4.82. The molecule has 3 N–H and O–H groups in total.